The summed E-state index contributed by atoms with van der Waals surface area (Å²) in [5, 5.41) is 2.89. The largest absolute Gasteiger partial charge is 0.586 e. The van der Waals surface area contributed by atoms with Crippen molar-refractivity contribution in [2.24, 2.45) is 5.41 Å². The SMILES string of the molecule is O=C(COc1ccc2c(c1)OC(F)(F)O2)NC12CC(CC(=O)c3cnc(C(F)F)cn3)(C1)C2. The highest BCUT2D eigenvalue weighted by Crippen LogP contribution is 2.69. The molecule has 33 heavy (non-hydrogen) atoms. The van der Waals surface area contributed by atoms with Crippen molar-refractivity contribution >= 4 is 11.7 Å². The van der Waals surface area contributed by atoms with Crippen LogP contribution >= 0.6 is 0 Å². The highest BCUT2D eigenvalue weighted by Gasteiger charge is 2.68. The molecule has 4 aliphatic rings. The Kier molecular flexibility index (Phi) is 4.73. The summed E-state index contributed by atoms with van der Waals surface area (Å²) in [6, 6.07) is 3.86. The predicted molar refractivity (Wildman–Crippen MR) is 101 cm³/mol. The van der Waals surface area contributed by atoms with Gasteiger partial charge in [-0.15, -0.1) is 8.78 Å². The van der Waals surface area contributed by atoms with E-state index in [0.29, 0.717) is 19.3 Å². The van der Waals surface area contributed by atoms with E-state index in [9.17, 15) is 27.2 Å². The molecule has 1 amide bonds. The number of ether oxygens (including phenoxy) is 3. The first-order valence-corrected chi connectivity index (χ1v) is 10.0. The first kappa shape index (κ1) is 21.4. The number of nitrogens with zero attached hydrogens (tertiary/aromatic N) is 2. The topological polar surface area (TPSA) is 99.6 Å². The molecule has 0 radical (unpaired) electrons. The van der Waals surface area contributed by atoms with Crippen molar-refractivity contribution in [3.63, 3.8) is 0 Å². The molecule has 0 atom stereocenters. The molecule has 1 N–H and O–H groups in total. The van der Waals surface area contributed by atoms with Crippen LogP contribution in [0.15, 0.2) is 30.6 Å². The lowest BCUT2D eigenvalue weighted by Crippen LogP contribution is -2.75. The maximum atomic E-state index is 13.1. The Morgan fingerprint density at radius 2 is 1.82 bits per heavy atom. The van der Waals surface area contributed by atoms with Crippen molar-refractivity contribution in [1.29, 1.82) is 0 Å². The van der Waals surface area contributed by atoms with Gasteiger partial charge in [0, 0.05) is 18.0 Å². The summed E-state index contributed by atoms with van der Waals surface area (Å²) in [7, 11) is 0. The molecular formula is C21H17F4N3O5. The number of nitrogens with one attached hydrogen (secondary N) is 1. The van der Waals surface area contributed by atoms with E-state index in [4.69, 9.17) is 4.74 Å². The molecule has 0 spiro atoms. The van der Waals surface area contributed by atoms with Gasteiger partial charge in [0.05, 0.1) is 12.4 Å². The standard InChI is InChI=1S/C21H17F4N3O5/c22-18(23)13-6-26-12(5-27-13)14(29)4-19-8-20(9-19,10-19)28-17(30)7-31-11-1-2-15-16(3-11)33-21(24,25)32-15/h1-3,5-6,18H,4,7-10H2,(H,28,30). The van der Waals surface area contributed by atoms with Crippen LogP contribution in [0, 0.1) is 5.41 Å². The number of ketones is 1. The first-order chi connectivity index (χ1) is 15.6. The zero-order chi connectivity index (χ0) is 23.4. The number of amides is 1. The second kappa shape index (κ2) is 7.29. The molecule has 1 aliphatic heterocycles. The number of hydrogen-bond acceptors (Lipinski definition) is 7. The lowest BCUT2D eigenvalue weighted by atomic mass is 9.38. The highest BCUT2D eigenvalue weighted by atomic mass is 19.3. The van der Waals surface area contributed by atoms with Crippen LogP contribution in [0.4, 0.5) is 17.6 Å². The summed E-state index contributed by atoms with van der Waals surface area (Å²) in [5.41, 5.74) is -1.09. The molecule has 6 rings (SSSR count). The molecular weight excluding hydrogens is 450 g/mol. The van der Waals surface area contributed by atoms with Gasteiger partial charge >= 0.3 is 6.29 Å². The molecule has 2 bridgehead atoms. The molecule has 3 saturated carbocycles. The molecule has 8 nitrogen and oxygen atoms in total. The van der Waals surface area contributed by atoms with Gasteiger partial charge in [-0.25, -0.2) is 13.8 Å². The fourth-order valence-corrected chi connectivity index (χ4v) is 4.84. The van der Waals surface area contributed by atoms with Crippen molar-refractivity contribution in [3.8, 4) is 17.2 Å². The molecule has 12 heteroatoms. The molecule has 3 fully saturated rings. The number of benzene rings is 1. The normalized spacial score (nSPS) is 25.7. The summed E-state index contributed by atoms with van der Waals surface area (Å²) < 4.78 is 65.2. The van der Waals surface area contributed by atoms with Gasteiger partial charge in [0.2, 0.25) is 0 Å². The fraction of sp³-hybridized carbons (Fsp3) is 0.429. The van der Waals surface area contributed by atoms with Crippen LogP contribution in [0.2, 0.25) is 0 Å². The quantitative estimate of drug-likeness (QED) is 0.469. The van der Waals surface area contributed by atoms with E-state index < -0.39 is 24.0 Å². The van der Waals surface area contributed by atoms with Gasteiger partial charge in [-0.2, -0.15) is 0 Å². The minimum absolute atomic E-state index is 0.0390. The van der Waals surface area contributed by atoms with E-state index in [-0.39, 0.29) is 53.1 Å². The van der Waals surface area contributed by atoms with Gasteiger partial charge < -0.3 is 19.5 Å². The monoisotopic (exact) mass is 467 g/mol. The number of aromatic nitrogens is 2. The number of Topliss-reactive ketones (excluding diaryl/α,β-unsaturated/α-hetero) is 1. The number of alkyl halides is 4. The first-order valence-electron chi connectivity index (χ1n) is 10.0. The Labute approximate surface area is 184 Å². The summed E-state index contributed by atoms with van der Waals surface area (Å²) in [5.74, 6) is -0.798. The number of rotatable bonds is 8. The number of fused-ring (bicyclic) bond motifs is 1. The van der Waals surface area contributed by atoms with Gasteiger partial charge in [0.25, 0.3) is 12.3 Å². The average molecular weight is 467 g/mol. The molecule has 1 aromatic carbocycles. The zero-order valence-electron chi connectivity index (χ0n) is 16.9. The second-order valence-electron chi connectivity index (χ2n) is 8.65. The van der Waals surface area contributed by atoms with Crippen LogP contribution in [0.3, 0.4) is 0 Å². The van der Waals surface area contributed by atoms with Gasteiger partial charge in [-0.1, -0.05) is 0 Å². The van der Waals surface area contributed by atoms with Gasteiger partial charge in [0.15, 0.2) is 23.9 Å². The molecule has 3 aliphatic carbocycles. The van der Waals surface area contributed by atoms with E-state index in [1.807, 2.05) is 0 Å². The highest BCUT2D eigenvalue weighted by molar-refractivity contribution is 5.94. The second-order valence-corrected chi connectivity index (χ2v) is 8.65. The lowest BCUT2D eigenvalue weighted by Gasteiger charge is -2.70. The van der Waals surface area contributed by atoms with Crippen molar-refractivity contribution in [2.45, 2.75) is 43.9 Å². The van der Waals surface area contributed by atoms with Crippen LogP contribution in [-0.2, 0) is 4.79 Å². The van der Waals surface area contributed by atoms with E-state index in [1.54, 1.807) is 0 Å². The van der Waals surface area contributed by atoms with E-state index in [0.717, 1.165) is 12.4 Å². The minimum Gasteiger partial charge on any atom is -0.484 e. The molecule has 0 unspecified atom stereocenters. The van der Waals surface area contributed by atoms with E-state index >= 15 is 0 Å². The maximum absolute atomic E-state index is 13.1. The summed E-state index contributed by atoms with van der Waals surface area (Å²) >= 11 is 0. The third kappa shape index (κ3) is 4.05. The van der Waals surface area contributed by atoms with E-state index in [2.05, 4.69) is 24.8 Å². The molecule has 0 saturated heterocycles. The van der Waals surface area contributed by atoms with Crippen LogP contribution in [-0.4, -0.2) is 40.1 Å². The number of carbonyl (C=O) groups excluding carboxylic acids is 2. The Hall–Kier alpha value is -3.44. The Morgan fingerprint density at radius 1 is 1.09 bits per heavy atom. The van der Waals surface area contributed by atoms with Crippen LogP contribution in [0.25, 0.3) is 0 Å². The molecule has 174 valence electrons. The fourth-order valence-electron chi connectivity index (χ4n) is 4.84. The molecule has 1 aromatic heterocycles. The smallest absolute Gasteiger partial charge is 0.484 e. The van der Waals surface area contributed by atoms with Crippen molar-refractivity contribution in [2.75, 3.05) is 6.61 Å². The summed E-state index contributed by atoms with van der Waals surface area (Å²) in [6.07, 6.45) is -2.50. The van der Waals surface area contributed by atoms with Gasteiger partial charge in [-0.05, 0) is 36.8 Å². The van der Waals surface area contributed by atoms with Crippen molar-refractivity contribution in [3.05, 3.63) is 42.0 Å². The molecule has 2 aromatic rings. The Morgan fingerprint density at radius 3 is 2.48 bits per heavy atom. The Balaban J connectivity index is 1.08. The van der Waals surface area contributed by atoms with Crippen LogP contribution in [0.5, 0.6) is 17.2 Å². The van der Waals surface area contributed by atoms with Crippen LogP contribution in [0.1, 0.15) is 48.3 Å². The van der Waals surface area contributed by atoms with E-state index in [1.165, 1.54) is 18.2 Å². The Bertz CT molecular complexity index is 1110. The van der Waals surface area contributed by atoms with Crippen LogP contribution < -0.4 is 19.5 Å². The third-order valence-corrected chi connectivity index (χ3v) is 6.00. The molecule has 2 heterocycles. The minimum atomic E-state index is -3.73. The average Bonchev–Trinajstić information content (AvgIpc) is 3.02. The number of hydrogen-bond donors (Lipinski definition) is 1. The lowest BCUT2D eigenvalue weighted by molar-refractivity contribution is -0.286. The van der Waals surface area contributed by atoms with Crippen molar-refractivity contribution < 1.29 is 41.4 Å². The summed E-state index contributed by atoms with van der Waals surface area (Å²) in [4.78, 5) is 32.0. The maximum Gasteiger partial charge on any atom is 0.586 e. The van der Waals surface area contributed by atoms with Crippen molar-refractivity contribution in [1.82, 2.24) is 15.3 Å². The van der Waals surface area contributed by atoms with Gasteiger partial charge in [0.1, 0.15) is 17.1 Å². The zero-order valence-corrected chi connectivity index (χ0v) is 16.9. The number of halogens is 4. The summed E-state index contributed by atoms with van der Waals surface area (Å²) in [6.45, 7) is -0.324. The number of carbonyl (C=O) groups is 2. The van der Waals surface area contributed by atoms with Gasteiger partial charge in [-0.3, -0.25) is 14.6 Å². The predicted octanol–water partition coefficient (Wildman–Crippen LogP) is 3.43. The third-order valence-electron chi connectivity index (χ3n) is 6.00.